The van der Waals surface area contributed by atoms with Gasteiger partial charge in [0.1, 0.15) is 0 Å². The normalized spacial score (nSPS) is 14.7. The molecule has 0 aliphatic heterocycles. The standard InChI is InChI=1S/C20H25ClN4O2S/c1-2-22-20(23-13-15-3-7-17(21)8-4-15)24-14-16-5-11-19(12-6-16)28(26,27)25-18-9-10-18/h3-8,11-12,18,25H,2,9-10,13-14H2,1H3,(H2,22,23,24). The molecule has 0 unspecified atom stereocenters. The van der Waals surface area contributed by atoms with Crippen LogP contribution in [0.3, 0.4) is 0 Å². The smallest absolute Gasteiger partial charge is 0.240 e. The van der Waals surface area contributed by atoms with Gasteiger partial charge in [0, 0.05) is 24.2 Å². The summed E-state index contributed by atoms with van der Waals surface area (Å²) in [7, 11) is -3.41. The predicted octanol–water partition coefficient (Wildman–Crippen LogP) is 3.04. The van der Waals surface area contributed by atoms with Crippen LogP contribution in [0.25, 0.3) is 0 Å². The zero-order valence-corrected chi connectivity index (χ0v) is 17.4. The zero-order chi connectivity index (χ0) is 20.0. The third kappa shape index (κ3) is 6.22. The Morgan fingerprint density at radius 2 is 1.68 bits per heavy atom. The van der Waals surface area contributed by atoms with Crippen molar-refractivity contribution in [1.29, 1.82) is 0 Å². The van der Waals surface area contributed by atoms with E-state index >= 15 is 0 Å². The minimum absolute atomic E-state index is 0.103. The SMILES string of the molecule is CCNC(=NCc1ccc(Cl)cc1)NCc1ccc(S(=O)(=O)NC2CC2)cc1. The zero-order valence-electron chi connectivity index (χ0n) is 15.8. The molecule has 1 aliphatic rings. The molecule has 3 N–H and O–H groups in total. The highest BCUT2D eigenvalue weighted by Crippen LogP contribution is 2.22. The summed E-state index contributed by atoms with van der Waals surface area (Å²) >= 11 is 5.91. The number of benzene rings is 2. The molecule has 0 spiro atoms. The molecule has 28 heavy (non-hydrogen) atoms. The van der Waals surface area contributed by atoms with E-state index in [1.807, 2.05) is 43.3 Å². The number of nitrogens with one attached hydrogen (secondary N) is 3. The van der Waals surface area contributed by atoms with Gasteiger partial charge in [0.25, 0.3) is 0 Å². The molecule has 0 bridgehead atoms. The molecular weight excluding hydrogens is 396 g/mol. The predicted molar refractivity (Wildman–Crippen MR) is 113 cm³/mol. The van der Waals surface area contributed by atoms with Crippen LogP contribution < -0.4 is 15.4 Å². The van der Waals surface area contributed by atoms with Crippen LogP contribution in [0.4, 0.5) is 0 Å². The van der Waals surface area contributed by atoms with Crippen molar-refractivity contribution >= 4 is 27.6 Å². The lowest BCUT2D eigenvalue weighted by molar-refractivity contribution is 0.581. The first-order valence-corrected chi connectivity index (χ1v) is 11.2. The molecule has 2 aromatic rings. The minimum Gasteiger partial charge on any atom is -0.357 e. The van der Waals surface area contributed by atoms with Crippen LogP contribution in [0.5, 0.6) is 0 Å². The second kappa shape index (κ2) is 9.41. The molecule has 0 radical (unpaired) electrons. The van der Waals surface area contributed by atoms with Crippen molar-refractivity contribution < 1.29 is 8.42 Å². The van der Waals surface area contributed by atoms with E-state index in [1.165, 1.54) is 0 Å². The minimum atomic E-state index is -3.41. The molecular formula is C20H25ClN4O2S. The summed E-state index contributed by atoms with van der Waals surface area (Å²) in [6, 6.07) is 14.6. The maximum absolute atomic E-state index is 12.2. The first-order valence-electron chi connectivity index (χ1n) is 9.34. The van der Waals surface area contributed by atoms with E-state index in [2.05, 4.69) is 20.3 Å². The van der Waals surface area contributed by atoms with Crippen LogP contribution in [0.2, 0.25) is 5.02 Å². The number of hydrogen-bond donors (Lipinski definition) is 3. The van der Waals surface area contributed by atoms with Crippen LogP contribution in [-0.4, -0.2) is 27.0 Å². The Kier molecular flexibility index (Phi) is 6.93. The van der Waals surface area contributed by atoms with E-state index < -0.39 is 10.0 Å². The summed E-state index contributed by atoms with van der Waals surface area (Å²) in [4.78, 5) is 4.87. The van der Waals surface area contributed by atoms with Gasteiger partial charge in [-0.05, 0) is 55.2 Å². The second-order valence-corrected chi connectivity index (χ2v) is 8.87. The summed E-state index contributed by atoms with van der Waals surface area (Å²) in [6.45, 7) is 3.84. The van der Waals surface area contributed by atoms with Gasteiger partial charge in [0.15, 0.2) is 5.96 Å². The molecule has 0 saturated heterocycles. The molecule has 0 heterocycles. The van der Waals surface area contributed by atoms with Crippen molar-refractivity contribution in [3.05, 3.63) is 64.7 Å². The third-order valence-electron chi connectivity index (χ3n) is 4.27. The van der Waals surface area contributed by atoms with Crippen molar-refractivity contribution in [3.8, 4) is 0 Å². The Balaban J connectivity index is 1.58. The molecule has 1 fully saturated rings. The lowest BCUT2D eigenvalue weighted by Crippen LogP contribution is -2.36. The Labute approximate surface area is 171 Å². The Bertz CT molecular complexity index is 908. The molecule has 0 amide bonds. The molecule has 1 aliphatic carbocycles. The van der Waals surface area contributed by atoms with Gasteiger partial charge in [-0.25, -0.2) is 18.1 Å². The van der Waals surface area contributed by atoms with Gasteiger partial charge in [0.05, 0.1) is 11.4 Å². The second-order valence-electron chi connectivity index (χ2n) is 6.71. The summed E-state index contributed by atoms with van der Waals surface area (Å²) in [6.07, 6.45) is 1.84. The first kappa shape index (κ1) is 20.6. The van der Waals surface area contributed by atoms with E-state index in [0.717, 1.165) is 30.5 Å². The maximum atomic E-state index is 12.2. The fourth-order valence-corrected chi connectivity index (χ4v) is 3.99. The fourth-order valence-electron chi connectivity index (χ4n) is 2.56. The highest BCUT2D eigenvalue weighted by atomic mass is 35.5. The van der Waals surface area contributed by atoms with Crippen LogP contribution in [-0.2, 0) is 23.1 Å². The van der Waals surface area contributed by atoms with E-state index in [1.54, 1.807) is 12.1 Å². The molecule has 150 valence electrons. The molecule has 3 rings (SSSR count). The highest BCUT2D eigenvalue weighted by Gasteiger charge is 2.27. The fraction of sp³-hybridized carbons (Fsp3) is 0.350. The van der Waals surface area contributed by atoms with Gasteiger partial charge in [0.2, 0.25) is 10.0 Å². The first-order chi connectivity index (χ1) is 13.5. The Hall–Kier alpha value is -2.09. The quantitative estimate of drug-likeness (QED) is 0.452. The van der Waals surface area contributed by atoms with Crippen LogP contribution in [0, 0.1) is 0 Å². The van der Waals surface area contributed by atoms with Gasteiger partial charge in [-0.2, -0.15) is 0 Å². The van der Waals surface area contributed by atoms with Gasteiger partial charge in [-0.1, -0.05) is 35.9 Å². The molecule has 0 atom stereocenters. The van der Waals surface area contributed by atoms with Crippen molar-refractivity contribution in [3.63, 3.8) is 0 Å². The van der Waals surface area contributed by atoms with Crippen LogP contribution in [0.15, 0.2) is 58.4 Å². The van der Waals surface area contributed by atoms with Crippen LogP contribution >= 0.6 is 11.6 Å². The number of rotatable bonds is 8. The molecule has 8 heteroatoms. The van der Waals surface area contributed by atoms with Crippen molar-refractivity contribution in [2.45, 2.75) is 43.8 Å². The van der Waals surface area contributed by atoms with Gasteiger partial charge in [-0.3, -0.25) is 0 Å². The Morgan fingerprint density at radius 1 is 1.04 bits per heavy atom. The number of guanidine groups is 1. The summed E-state index contributed by atoms with van der Waals surface area (Å²) in [5.74, 6) is 0.699. The average molecular weight is 421 g/mol. The van der Waals surface area contributed by atoms with Crippen molar-refractivity contribution in [1.82, 2.24) is 15.4 Å². The number of halogens is 1. The van der Waals surface area contributed by atoms with E-state index in [4.69, 9.17) is 11.6 Å². The monoisotopic (exact) mass is 420 g/mol. The third-order valence-corrected chi connectivity index (χ3v) is 6.06. The summed E-state index contributed by atoms with van der Waals surface area (Å²) in [5, 5.41) is 7.18. The largest absolute Gasteiger partial charge is 0.357 e. The van der Waals surface area contributed by atoms with E-state index in [0.29, 0.717) is 29.0 Å². The summed E-state index contributed by atoms with van der Waals surface area (Å²) < 4.78 is 27.1. The number of hydrogen-bond acceptors (Lipinski definition) is 3. The number of sulfonamides is 1. The van der Waals surface area contributed by atoms with Gasteiger partial charge < -0.3 is 10.6 Å². The van der Waals surface area contributed by atoms with Gasteiger partial charge >= 0.3 is 0 Å². The average Bonchev–Trinajstić information content (AvgIpc) is 3.49. The summed E-state index contributed by atoms with van der Waals surface area (Å²) in [5.41, 5.74) is 2.04. The maximum Gasteiger partial charge on any atom is 0.240 e. The number of aliphatic imine (C=N–C) groups is 1. The molecule has 0 aromatic heterocycles. The highest BCUT2D eigenvalue weighted by molar-refractivity contribution is 7.89. The Morgan fingerprint density at radius 3 is 2.29 bits per heavy atom. The van der Waals surface area contributed by atoms with Crippen molar-refractivity contribution in [2.75, 3.05) is 6.54 Å². The molecule has 1 saturated carbocycles. The molecule has 6 nitrogen and oxygen atoms in total. The van der Waals surface area contributed by atoms with Gasteiger partial charge in [-0.15, -0.1) is 0 Å². The lowest BCUT2D eigenvalue weighted by Gasteiger charge is -2.12. The lowest BCUT2D eigenvalue weighted by atomic mass is 10.2. The van der Waals surface area contributed by atoms with Crippen LogP contribution in [0.1, 0.15) is 30.9 Å². The van der Waals surface area contributed by atoms with Crippen molar-refractivity contribution in [2.24, 2.45) is 4.99 Å². The molecule has 2 aromatic carbocycles. The van der Waals surface area contributed by atoms with E-state index in [9.17, 15) is 8.42 Å². The topological polar surface area (TPSA) is 82.6 Å². The number of nitrogens with zero attached hydrogens (tertiary/aromatic N) is 1. The van der Waals surface area contributed by atoms with E-state index in [-0.39, 0.29) is 6.04 Å².